The van der Waals surface area contributed by atoms with Gasteiger partial charge in [-0.2, -0.15) is 0 Å². The van der Waals surface area contributed by atoms with Crippen molar-refractivity contribution in [3.8, 4) is 0 Å². The zero-order valence-electron chi connectivity index (χ0n) is 10.3. The maximum Gasteiger partial charge on any atom is 0.0458 e. The van der Waals surface area contributed by atoms with Gasteiger partial charge in [0, 0.05) is 22.6 Å². The highest BCUT2D eigenvalue weighted by Gasteiger charge is 2.05. The molecule has 86 valence electrons. The summed E-state index contributed by atoms with van der Waals surface area (Å²) in [5, 5.41) is 1.35. The first-order chi connectivity index (χ1) is 7.58. The van der Waals surface area contributed by atoms with Crippen molar-refractivity contribution in [1.29, 1.82) is 0 Å². The average Bonchev–Trinajstić information content (AvgIpc) is 2.52. The van der Waals surface area contributed by atoms with Crippen LogP contribution in [0.2, 0.25) is 0 Å². The van der Waals surface area contributed by atoms with Crippen molar-refractivity contribution >= 4 is 10.9 Å². The molecular formula is C14H20N2. The van der Waals surface area contributed by atoms with E-state index in [-0.39, 0.29) is 6.04 Å². The lowest BCUT2D eigenvalue weighted by Crippen LogP contribution is -2.15. The molecule has 0 aliphatic rings. The van der Waals surface area contributed by atoms with Gasteiger partial charge in [0.25, 0.3) is 0 Å². The van der Waals surface area contributed by atoms with E-state index < -0.39 is 0 Å². The van der Waals surface area contributed by atoms with E-state index >= 15 is 0 Å². The molecule has 0 bridgehead atoms. The monoisotopic (exact) mass is 216 g/mol. The van der Waals surface area contributed by atoms with Gasteiger partial charge in [0.05, 0.1) is 0 Å². The number of hydrogen-bond donors (Lipinski definition) is 2. The zero-order valence-corrected chi connectivity index (χ0v) is 10.3. The Bertz CT molecular complexity index is 495. The molecule has 1 aromatic carbocycles. The van der Waals surface area contributed by atoms with Crippen molar-refractivity contribution in [3.05, 3.63) is 35.0 Å². The van der Waals surface area contributed by atoms with Crippen LogP contribution in [0.5, 0.6) is 0 Å². The molecule has 16 heavy (non-hydrogen) atoms. The molecule has 1 atom stereocenters. The lowest BCUT2D eigenvalue weighted by atomic mass is 10.0. The van der Waals surface area contributed by atoms with E-state index in [0.717, 1.165) is 12.8 Å². The topological polar surface area (TPSA) is 41.8 Å². The third-order valence-corrected chi connectivity index (χ3v) is 3.26. The van der Waals surface area contributed by atoms with Crippen LogP contribution in [0.3, 0.4) is 0 Å². The van der Waals surface area contributed by atoms with Crippen LogP contribution in [0.4, 0.5) is 0 Å². The lowest BCUT2D eigenvalue weighted by molar-refractivity contribution is 0.666. The van der Waals surface area contributed by atoms with Crippen LogP contribution in [0.1, 0.15) is 30.2 Å². The fourth-order valence-corrected chi connectivity index (χ4v) is 2.06. The van der Waals surface area contributed by atoms with Gasteiger partial charge < -0.3 is 10.7 Å². The smallest absolute Gasteiger partial charge is 0.0458 e. The molecule has 2 rings (SSSR count). The first-order valence-electron chi connectivity index (χ1n) is 5.91. The summed E-state index contributed by atoms with van der Waals surface area (Å²) in [6.07, 6.45) is 2.12. The molecule has 2 nitrogen and oxygen atoms in total. The normalized spacial score (nSPS) is 13.2. The van der Waals surface area contributed by atoms with Crippen molar-refractivity contribution in [3.63, 3.8) is 0 Å². The second-order valence-electron chi connectivity index (χ2n) is 4.77. The summed E-state index contributed by atoms with van der Waals surface area (Å²) < 4.78 is 0. The minimum atomic E-state index is 0.282. The van der Waals surface area contributed by atoms with E-state index in [1.165, 1.54) is 27.7 Å². The molecule has 0 saturated heterocycles. The number of rotatable bonds is 3. The Morgan fingerprint density at radius 1 is 1.31 bits per heavy atom. The zero-order chi connectivity index (χ0) is 11.7. The molecule has 0 fully saturated rings. The largest absolute Gasteiger partial charge is 0.358 e. The van der Waals surface area contributed by atoms with Gasteiger partial charge in [0.15, 0.2) is 0 Å². The molecule has 0 radical (unpaired) electrons. The maximum atomic E-state index is 5.78. The SMILES string of the molecule is Cc1[nH]c2ccc(CCC(C)N)cc2c1C. The number of nitrogens with one attached hydrogen (secondary N) is 1. The number of aromatic nitrogens is 1. The second-order valence-corrected chi connectivity index (χ2v) is 4.77. The first kappa shape index (κ1) is 11.2. The van der Waals surface area contributed by atoms with E-state index in [2.05, 4.69) is 44.0 Å². The summed E-state index contributed by atoms with van der Waals surface area (Å²) in [6, 6.07) is 6.94. The van der Waals surface area contributed by atoms with Crippen LogP contribution in [-0.4, -0.2) is 11.0 Å². The summed E-state index contributed by atoms with van der Waals surface area (Å²) in [4.78, 5) is 3.39. The van der Waals surface area contributed by atoms with Crippen molar-refractivity contribution in [2.75, 3.05) is 0 Å². The molecule has 1 heterocycles. The fraction of sp³-hybridized carbons (Fsp3) is 0.429. The Balaban J connectivity index is 2.32. The summed E-state index contributed by atoms with van der Waals surface area (Å²) in [5.74, 6) is 0. The molecule has 3 N–H and O–H groups in total. The summed E-state index contributed by atoms with van der Waals surface area (Å²) in [6.45, 7) is 6.35. The highest BCUT2D eigenvalue weighted by Crippen LogP contribution is 2.22. The Kier molecular flexibility index (Phi) is 3.01. The molecule has 1 aromatic heterocycles. The van der Waals surface area contributed by atoms with Crippen molar-refractivity contribution in [2.45, 2.75) is 39.7 Å². The number of benzene rings is 1. The molecular weight excluding hydrogens is 196 g/mol. The van der Waals surface area contributed by atoms with Crippen molar-refractivity contribution < 1.29 is 0 Å². The minimum Gasteiger partial charge on any atom is -0.358 e. The molecule has 0 amide bonds. The predicted octanol–water partition coefficient (Wildman–Crippen LogP) is 3.06. The fourth-order valence-electron chi connectivity index (χ4n) is 2.06. The van der Waals surface area contributed by atoms with Gasteiger partial charge >= 0.3 is 0 Å². The van der Waals surface area contributed by atoms with Gasteiger partial charge in [0.1, 0.15) is 0 Å². The second kappa shape index (κ2) is 4.30. The van der Waals surface area contributed by atoms with Gasteiger partial charge in [-0.1, -0.05) is 6.07 Å². The Hall–Kier alpha value is -1.28. The highest BCUT2D eigenvalue weighted by molar-refractivity contribution is 5.84. The van der Waals surface area contributed by atoms with Gasteiger partial charge in [0.2, 0.25) is 0 Å². The van der Waals surface area contributed by atoms with Crippen molar-refractivity contribution in [2.24, 2.45) is 5.73 Å². The van der Waals surface area contributed by atoms with Gasteiger partial charge in [-0.3, -0.25) is 0 Å². The summed E-state index contributed by atoms with van der Waals surface area (Å²) in [7, 11) is 0. The number of H-pyrrole nitrogens is 1. The van der Waals surface area contributed by atoms with E-state index in [9.17, 15) is 0 Å². The molecule has 0 aliphatic carbocycles. The van der Waals surface area contributed by atoms with Crippen LogP contribution in [0, 0.1) is 13.8 Å². The highest BCUT2D eigenvalue weighted by atomic mass is 14.7. The average molecular weight is 216 g/mol. The maximum absolute atomic E-state index is 5.78. The molecule has 2 aromatic rings. The minimum absolute atomic E-state index is 0.282. The third kappa shape index (κ3) is 2.12. The molecule has 0 saturated carbocycles. The van der Waals surface area contributed by atoms with Crippen LogP contribution in [-0.2, 0) is 6.42 Å². The Morgan fingerprint density at radius 2 is 2.06 bits per heavy atom. The standard InChI is InChI=1S/C14H20N2/c1-9(15)4-5-12-6-7-14-13(8-12)10(2)11(3)16-14/h6-9,16H,4-5,15H2,1-3H3. The van der Waals surface area contributed by atoms with Crippen LogP contribution < -0.4 is 5.73 Å². The number of nitrogens with two attached hydrogens (primary N) is 1. The predicted molar refractivity (Wildman–Crippen MR) is 69.7 cm³/mol. The summed E-state index contributed by atoms with van der Waals surface area (Å²) >= 11 is 0. The van der Waals surface area contributed by atoms with E-state index in [0.29, 0.717) is 0 Å². The Morgan fingerprint density at radius 3 is 2.75 bits per heavy atom. The molecule has 1 unspecified atom stereocenters. The van der Waals surface area contributed by atoms with Gasteiger partial charge in [-0.05, 0) is 56.9 Å². The van der Waals surface area contributed by atoms with Gasteiger partial charge in [-0.15, -0.1) is 0 Å². The molecule has 0 aliphatic heterocycles. The number of hydrogen-bond acceptors (Lipinski definition) is 1. The quantitative estimate of drug-likeness (QED) is 0.813. The molecule has 2 heteroatoms. The molecule has 0 spiro atoms. The van der Waals surface area contributed by atoms with Crippen LogP contribution in [0.25, 0.3) is 10.9 Å². The Labute approximate surface area is 96.9 Å². The van der Waals surface area contributed by atoms with E-state index in [1.807, 2.05) is 0 Å². The summed E-state index contributed by atoms with van der Waals surface area (Å²) in [5.41, 5.74) is 11.0. The van der Waals surface area contributed by atoms with E-state index in [1.54, 1.807) is 0 Å². The van der Waals surface area contributed by atoms with Gasteiger partial charge in [-0.25, -0.2) is 0 Å². The number of fused-ring (bicyclic) bond motifs is 1. The third-order valence-electron chi connectivity index (χ3n) is 3.26. The first-order valence-corrected chi connectivity index (χ1v) is 5.91. The van der Waals surface area contributed by atoms with Crippen molar-refractivity contribution in [1.82, 2.24) is 4.98 Å². The number of aromatic amines is 1. The van der Waals surface area contributed by atoms with E-state index in [4.69, 9.17) is 5.73 Å². The van der Waals surface area contributed by atoms with Crippen LogP contribution >= 0.6 is 0 Å². The van der Waals surface area contributed by atoms with Crippen LogP contribution in [0.15, 0.2) is 18.2 Å². The lowest BCUT2D eigenvalue weighted by Gasteiger charge is -2.05. The number of aryl methyl sites for hydroxylation is 3.